The maximum atomic E-state index is 12.5. The van der Waals surface area contributed by atoms with Gasteiger partial charge in [0.2, 0.25) is 5.91 Å². The molecule has 2 aliphatic rings. The summed E-state index contributed by atoms with van der Waals surface area (Å²) in [6, 6.07) is 0. The number of amides is 1. The molecule has 0 aromatic heterocycles. The van der Waals surface area contributed by atoms with Crippen molar-refractivity contribution in [2.24, 2.45) is 5.41 Å². The van der Waals surface area contributed by atoms with Crippen LogP contribution in [0.25, 0.3) is 0 Å². The van der Waals surface area contributed by atoms with E-state index in [-0.39, 0.29) is 11.5 Å². The molecule has 4 nitrogen and oxygen atoms in total. The summed E-state index contributed by atoms with van der Waals surface area (Å²) in [6.07, 6.45) is 2.10. The third-order valence-corrected chi connectivity index (χ3v) is 3.75. The molecule has 1 amide bonds. The number of carbonyl (C=O) groups excluding carboxylic acids is 1. The van der Waals surface area contributed by atoms with Crippen molar-refractivity contribution in [3.05, 3.63) is 0 Å². The standard InChI is InChI=1S/C12H22N2O2/c1-10-9-14(7-8-16-10)11(15)12(2)3-5-13-6-4-12/h10,13H,3-9H2,1-2H3. The van der Waals surface area contributed by atoms with Crippen LogP contribution in [0.3, 0.4) is 0 Å². The van der Waals surface area contributed by atoms with E-state index in [9.17, 15) is 4.79 Å². The largest absolute Gasteiger partial charge is 0.375 e. The molecule has 1 unspecified atom stereocenters. The number of piperidine rings is 1. The topological polar surface area (TPSA) is 41.6 Å². The lowest BCUT2D eigenvalue weighted by atomic mass is 9.79. The fraction of sp³-hybridized carbons (Fsp3) is 0.917. The number of nitrogens with zero attached hydrogens (tertiary/aromatic N) is 1. The van der Waals surface area contributed by atoms with Crippen LogP contribution in [0.1, 0.15) is 26.7 Å². The quantitative estimate of drug-likeness (QED) is 0.713. The first-order valence-corrected chi connectivity index (χ1v) is 6.23. The van der Waals surface area contributed by atoms with Crippen LogP contribution in [0.4, 0.5) is 0 Å². The highest BCUT2D eigenvalue weighted by Gasteiger charge is 2.38. The van der Waals surface area contributed by atoms with Gasteiger partial charge in [-0.1, -0.05) is 6.92 Å². The lowest BCUT2D eigenvalue weighted by molar-refractivity contribution is -0.149. The van der Waals surface area contributed by atoms with Crippen molar-refractivity contribution < 1.29 is 9.53 Å². The second-order valence-corrected chi connectivity index (χ2v) is 5.24. The van der Waals surface area contributed by atoms with Crippen molar-refractivity contribution in [3.8, 4) is 0 Å². The van der Waals surface area contributed by atoms with Crippen molar-refractivity contribution >= 4 is 5.91 Å². The Balaban J connectivity index is 1.99. The molecule has 0 radical (unpaired) electrons. The Kier molecular flexibility index (Phi) is 3.50. The van der Waals surface area contributed by atoms with Crippen molar-refractivity contribution in [2.45, 2.75) is 32.8 Å². The van der Waals surface area contributed by atoms with E-state index < -0.39 is 0 Å². The van der Waals surface area contributed by atoms with E-state index in [1.54, 1.807) is 0 Å². The smallest absolute Gasteiger partial charge is 0.228 e. The molecule has 0 aromatic rings. The normalized spacial score (nSPS) is 30.1. The lowest BCUT2D eigenvalue weighted by Gasteiger charge is -2.40. The summed E-state index contributed by atoms with van der Waals surface area (Å²) in [7, 11) is 0. The molecule has 2 fully saturated rings. The van der Waals surface area contributed by atoms with Gasteiger partial charge in [0.15, 0.2) is 0 Å². The van der Waals surface area contributed by atoms with Crippen molar-refractivity contribution in [1.82, 2.24) is 10.2 Å². The fourth-order valence-electron chi connectivity index (χ4n) is 2.58. The molecular weight excluding hydrogens is 204 g/mol. The molecule has 2 heterocycles. The van der Waals surface area contributed by atoms with Gasteiger partial charge in [-0.3, -0.25) is 4.79 Å². The molecule has 0 spiro atoms. The van der Waals surface area contributed by atoms with E-state index in [1.165, 1.54) is 0 Å². The van der Waals surface area contributed by atoms with Crippen LogP contribution in [0, 0.1) is 5.41 Å². The van der Waals surface area contributed by atoms with Crippen LogP contribution in [0.15, 0.2) is 0 Å². The van der Waals surface area contributed by atoms with Crippen LogP contribution < -0.4 is 5.32 Å². The van der Waals surface area contributed by atoms with Crippen molar-refractivity contribution in [1.29, 1.82) is 0 Å². The average Bonchev–Trinajstić information content (AvgIpc) is 2.29. The predicted octanol–water partition coefficient (Wildman–Crippen LogP) is 0.623. The first-order chi connectivity index (χ1) is 7.62. The third kappa shape index (κ3) is 2.38. The molecule has 0 aliphatic carbocycles. The van der Waals surface area contributed by atoms with E-state index in [0.29, 0.717) is 12.5 Å². The van der Waals surface area contributed by atoms with Crippen molar-refractivity contribution in [2.75, 3.05) is 32.8 Å². The molecule has 0 aromatic carbocycles. The Morgan fingerprint density at radius 1 is 1.44 bits per heavy atom. The van der Waals surface area contributed by atoms with Gasteiger partial charge in [0.1, 0.15) is 0 Å². The summed E-state index contributed by atoms with van der Waals surface area (Å²) < 4.78 is 5.47. The molecule has 0 saturated carbocycles. The minimum atomic E-state index is -0.150. The molecule has 2 rings (SSSR count). The molecule has 0 bridgehead atoms. The number of rotatable bonds is 1. The van der Waals surface area contributed by atoms with E-state index >= 15 is 0 Å². The minimum absolute atomic E-state index is 0.150. The first-order valence-electron chi connectivity index (χ1n) is 6.23. The summed E-state index contributed by atoms with van der Waals surface area (Å²) in [4.78, 5) is 14.4. The zero-order chi connectivity index (χ0) is 11.6. The highest BCUT2D eigenvalue weighted by Crippen LogP contribution is 2.30. The number of hydrogen-bond donors (Lipinski definition) is 1. The predicted molar refractivity (Wildman–Crippen MR) is 62.2 cm³/mol. The Hall–Kier alpha value is -0.610. The number of nitrogens with one attached hydrogen (secondary N) is 1. The molecule has 1 atom stereocenters. The van der Waals surface area contributed by atoms with E-state index in [4.69, 9.17) is 4.74 Å². The third-order valence-electron chi connectivity index (χ3n) is 3.75. The second kappa shape index (κ2) is 4.72. The minimum Gasteiger partial charge on any atom is -0.375 e. The molecule has 2 saturated heterocycles. The van der Waals surface area contributed by atoms with E-state index in [1.807, 2.05) is 11.8 Å². The zero-order valence-electron chi connectivity index (χ0n) is 10.3. The number of morpholine rings is 1. The summed E-state index contributed by atoms with van der Waals surface area (Å²) in [5, 5.41) is 3.31. The van der Waals surface area contributed by atoms with E-state index in [2.05, 4.69) is 12.2 Å². The Bertz CT molecular complexity index is 262. The van der Waals surface area contributed by atoms with Gasteiger partial charge in [-0.2, -0.15) is 0 Å². The lowest BCUT2D eigenvalue weighted by Crippen LogP contribution is -2.52. The van der Waals surface area contributed by atoms with Gasteiger partial charge in [0.05, 0.1) is 12.7 Å². The maximum Gasteiger partial charge on any atom is 0.228 e. The molecule has 92 valence electrons. The van der Waals surface area contributed by atoms with Crippen molar-refractivity contribution in [3.63, 3.8) is 0 Å². The monoisotopic (exact) mass is 226 g/mol. The second-order valence-electron chi connectivity index (χ2n) is 5.24. The summed E-state index contributed by atoms with van der Waals surface area (Å²) >= 11 is 0. The summed E-state index contributed by atoms with van der Waals surface area (Å²) in [5.74, 6) is 0.323. The van der Waals surface area contributed by atoms with Gasteiger partial charge >= 0.3 is 0 Å². The molecular formula is C12H22N2O2. The molecule has 1 N–H and O–H groups in total. The van der Waals surface area contributed by atoms with Gasteiger partial charge in [-0.15, -0.1) is 0 Å². The Labute approximate surface area is 97.3 Å². The van der Waals surface area contributed by atoms with Gasteiger partial charge < -0.3 is 15.0 Å². The summed E-state index contributed by atoms with van der Waals surface area (Å²) in [6.45, 7) is 8.25. The number of ether oxygens (including phenoxy) is 1. The van der Waals surface area contributed by atoms with Crippen LogP contribution in [0.5, 0.6) is 0 Å². The van der Waals surface area contributed by atoms with Crippen LogP contribution in [0.2, 0.25) is 0 Å². The number of hydrogen-bond acceptors (Lipinski definition) is 3. The van der Waals surface area contributed by atoms with Gasteiger partial charge in [-0.05, 0) is 32.9 Å². The van der Waals surface area contributed by atoms with Gasteiger partial charge in [-0.25, -0.2) is 0 Å². The highest BCUT2D eigenvalue weighted by molar-refractivity contribution is 5.82. The molecule has 4 heteroatoms. The summed E-state index contributed by atoms with van der Waals surface area (Å²) in [5.41, 5.74) is -0.150. The highest BCUT2D eigenvalue weighted by atomic mass is 16.5. The maximum absolute atomic E-state index is 12.5. The SMILES string of the molecule is CC1CN(C(=O)C2(C)CCNCC2)CCO1. The van der Waals surface area contributed by atoms with Gasteiger partial charge in [0, 0.05) is 18.5 Å². The van der Waals surface area contributed by atoms with Crippen LogP contribution in [-0.4, -0.2) is 49.7 Å². The van der Waals surface area contributed by atoms with E-state index in [0.717, 1.165) is 39.0 Å². The molecule has 2 aliphatic heterocycles. The average molecular weight is 226 g/mol. The zero-order valence-corrected chi connectivity index (χ0v) is 10.3. The fourth-order valence-corrected chi connectivity index (χ4v) is 2.58. The van der Waals surface area contributed by atoms with Gasteiger partial charge in [0.25, 0.3) is 0 Å². The first kappa shape index (κ1) is 11.9. The molecule has 16 heavy (non-hydrogen) atoms. The Morgan fingerprint density at radius 3 is 2.75 bits per heavy atom. The number of carbonyl (C=O) groups is 1. The Morgan fingerprint density at radius 2 is 2.12 bits per heavy atom. The van der Waals surface area contributed by atoms with Crippen LogP contribution in [-0.2, 0) is 9.53 Å². The van der Waals surface area contributed by atoms with Crippen LogP contribution >= 0.6 is 0 Å².